The lowest BCUT2D eigenvalue weighted by Gasteiger charge is -2.12. The van der Waals surface area contributed by atoms with Crippen LogP contribution in [0.15, 0.2) is 18.2 Å². The third-order valence-electron chi connectivity index (χ3n) is 2.69. The van der Waals surface area contributed by atoms with Gasteiger partial charge in [0.2, 0.25) is 0 Å². The minimum atomic E-state index is -3.01. The Balaban J connectivity index is 2.39. The van der Waals surface area contributed by atoms with Crippen LogP contribution in [0.4, 0.5) is 13.2 Å². The molecule has 1 atom stereocenters. The zero-order valence-electron chi connectivity index (χ0n) is 8.06. The summed E-state index contributed by atoms with van der Waals surface area (Å²) >= 11 is 0. The maximum absolute atomic E-state index is 13.4. The van der Waals surface area contributed by atoms with Gasteiger partial charge >= 0.3 is 0 Å². The van der Waals surface area contributed by atoms with Crippen LogP contribution in [-0.2, 0) is 5.54 Å². The molecule has 0 bridgehead atoms. The second-order valence-corrected chi connectivity index (χ2v) is 3.70. The zero-order chi connectivity index (χ0) is 11.3. The van der Waals surface area contributed by atoms with Crippen LogP contribution in [0.3, 0.4) is 0 Å². The highest BCUT2D eigenvalue weighted by atomic mass is 19.3. The van der Waals surface area contributed by atoms with Gasteiger partial charge in [-0.1, -0.05) is 6.07 Å². The molecule has 1 aliphatic rings. The van der Waals surface area contributed by atoms with E-state index in [2.05, 4.69) is 0 Å². The molecular weight excluding hydrogens is 207 g/mol. The molecule has 0 aliphatic heterocycles. The number of halogens is 3. The number of benzene rings is 1. The first-order chi connectivity index (χ1) is 6.90. The van der Waals surface area contributed by atoms with Crippen molar-refractivity contribution >= 4 is 0 Å². The molecule has 1 saturated carbocycles. The summed E-state index contributed by atoms with van der Waals surface area (Å²) in [6.45, 7) is 0. The monoisotopic (exact) mass is 217 g/mol. The standard InChI is InChI=1S/C10H10F3NO/c1-15-6-2-3-7(8(11)4-6)9(14)5-10(9,12)13/h2-4H,5,14H2,1H3. The Bertz CT molecular complexity index is 408. The number of ether oxygens (including phenoxy) is 1. The summed E-state index contributed by atoms with van der Waals surface area (Å²) in [5, 5.41) is 0. The maximum atomic E-state index is 13.4. The van der Waals surface area contributed by atoms with E-state index < -0.39 is 23.7 Å². The predicted octanol–water partition coefficient (Wildman–Crippen LogP) is 2.03. The minimum absolute atomic E-state index is 0.159. The van der Waals surface area contributed by atoms with Crippen LogP contribution >= 0.6 is 0 Å². The molecule has 0 aromatic heterocycles. The first-order valence-corrected chi connectivity index (χ1v) is 4.41. The number of nitrogens with two attached hydrogens (primary N) is 1. The van der Waals surface area contributed by atoms with Crippen molar-refractivity contribution in [2.24, 2.45) is 5.73 Å². The van der Waals surface area contributed by atoms with Gasteiger partial charge in [-0.15, -0.1) is 0 Å². The van der Waals surface area contributed by atoms with Crippen molar-refractivity contribution in [3.63, 3.8) is 0 Å². The smallest absolute Gasteiger partial charge is 0.272 e. The van der Waals surface area contributed by atoms with E-state index in [9.17, 15) is 13.2 Å². The lowest BCUT2D eigenvalue weighted by Crippen LogP contribution is -2.28. The average molecular weight is 217 g/mol. The number of methoxy groups -OCH3 is 1. The first kappa shape index (κ1) is 10.3. The second-order valence-electron chi connectivity index (χ2n) is 3.70. The quantitative estimate of drug-likeness (QED) is 0.822. The first-order valence-electron chi connectivity index (χ1n) is 4.41. The molecule has 0 saturated heterocycles. The van der Waals surface area contributed by atoms with E-state index in [0.717, 1.165) is 6.07 Å². The topological polar surface area (TPSA) is 35.2 Å². The van der Waals surface area contributed by atoms with Crippen molar-refractivity contribution < 1.29 is 17.9 Å². The Kier molecular flexibility index (Phi) is 1.98. The Labute approximate surface area is 84.8 Å². The summed E-state index contributed by atoms with van der Waals surface area (Å²) in [6, 6.07) is 3.72. The Hall–Kier alpha value is -1.23. The molecule has 1 unspecified atom stereocenters. The van der Waals surface area contributed by atoms with Gasteiger partial charge in [-0.25, -0.2) is 13.2 Å². The van der Waals surface area contributed by atoms with Crippen LogP contribution in [0.1, 0.15) is 12.0 Å². The SMILES string of the molecule is COc1ccc(C2(N)CC2(F)F)c(F)c1. The molecule has 0 amide bonds. The van der Waals surface area contributed by atoms with Gasteiger partial charge in [0.25, 0.3) is 5.92 Å². The number of alkyl halides is 2. The van der Waals surface area contributed by atoms with Crippen LogP contribution in [0.25, 0.3) is 0 Å². The molecule has 2 N–H and O–H groups in total. The summed E-state index contributed by atoms with van der Waals surface area (Å²) in [5.41, 5.74) is 3.40. The molecule has 0 radical (unpaired) electrons. The van der Waals surface area contributed by atoms with Crippen molar-refractivity contribution in [1.29, 1.82) is 0 Å². The van der Waals surface area contributed by atoms with Crippen molar-refractivity contribution in [3.05, 3.63) is 29.6 Å². The zero-order valence-corrected chi connectivity index (χ0v) is 8.06. The third kappa shape index (κ3) is 1.38. The Morgan fingerprint density at radius 3 is 2.40 bits per heavy atom. The van der Waals surface area contributed by atoms with E-state index >= 15 is 0 Å². The van der Waals surface area contributed by atoms with E-state index in [1.807, 2.05) is 0 Å². The fraction of sp³-hybridized carbons (Fsp3) is 0.400. The van der Waals surface area contributed by atoms with Gasteiger partial charge in [0, 0.05) is 18.1 Å². The van der Waals surface area contributed by atoms with Gasteiger partial charge in [-0.2, -0.15) is 0 Å². The molecule has 82 valence electrons. The summed E-state index contributed by atoms with van der Waals surface area (Å²) in [7, 11) is 1.37. The van der Waals surface area contributed by atoms with Gasteiger partial charge in [-0.3, -0.25) is 0 Å². The van der Waals surface area contributed by atoms with Gasteiger partial charge < -0.3 is 10.5 Å². The summed E-state index contributed by atoms with van der Waals surface area (Å²) in [5.74, 6) is -3.49. The normalized spacial score (nSPS) is 27.5. The highest BCUT2D eigenvalue weighted by Crippen LogP contribution is 2.58. The van der Waals surface area contributed by atoms with Crippen LogP contribution in [0, 0.1) is 5.82 Å². The van der Waals surface area contributed by atoms with Crippen molar-refractivity contribution in [1.82, 2.24) is 0 Å². The highest BCUT2D eigenvalue weighted by Gasteiger charge is 2.70. The average Bonchev–Trinajstić information content (AvgIpc) is 2.66. The Morgan fingerprint density at radius 2 is 2.00 bits per heavy atom. The third-order valence-corrected chi connectivity index (χ3v) is 2.69. The molecule has 0 heterocycles. The molecule has 2 nitrogen and oxygen atoms in total. The van der Waals surface area contributed by atoms with E-state index in [1.54, 1.807) is 0 Å². The lowest BCUT2D eigenvalue weighted by molar-refractivity contribution is 0.0881. The molecule has 2 rings (SSSR count). The van der Waals surface area contributed by atoms with E-state index in [0.29, 0.717) is 0 Å². The number of hydrogen-bond donors (Lipinski definition) is 1. The van der Waals surface area contributed by atoms with Crippen molar-refractivity contribution in [3.8, 4) is 5.75 Å². The van der Waals surface area contributed by atoms with Gasteiger partial charge in [0.1, 0.15) is 17.1 Å². The fourth-order valence-electron chi connectivity index (χ4n) is 1.58. The second kappa shape index (κ2) is 2.88. The van der Waals surface area contributed by atoms with E-state index in [1.165, 1.54) is 19.2 Å². The molecule has 1 aliphatic carbocycles. The van der Waals surface area contributed by atoms with Crippen LogP contribution < -0.4 is 10.5 Å². The summed E-state index contributed by atoms with van der Waals surface area (Å²) in [6.07, 6.45) is -0.511. The molecule has 1 fully saturated rings. The number of rotatable bonds is 2. The Morgan fingerprint density at radius 1 is 1.40 bits per heavy atom. The summed E-state index contributed by atoms with van der Waals surface area (Å²) < 4.78 is 44.0. The molecular formula is C10H10F3NO. The largest absolute Gasteiger partial charge is 0.497 e. The van der Waals surface area contributed by atoms with Crippen molar-refractivity contribution in [2.75, 3.05) is 7.11 Å². The van der Waals surface area contributed by atoms with Gasteiger partial charge in [-0.05, 0) is 6.07 Å². The molecule has 5 heteroatoms. The summed E-state index contributed by atoms with van der Waals surface area (Å²) in [4.78, 5) is 0. The molecule has 0 spiro atoms. The van der Waals surface area contributed by atoms with Crippen molar-refractivity contribution in [2.45, 2.75) is 17.9 Å². The van der Waals surface area contributed by atoms with Gasteiger partial charge in [0.15, 0.2) is 0 Å². The fourth-order valence-corrected chi connectivity index (χ4v) is 1.58. The van der Waals surface area contributed by atoms with Gasteiger partial charge in [0.05, 0.1) is 7.11 Å². The van der Waals surface area contributed by atoms with Crippen LogP contribution in [-0.4, -0.2) is 13.0 Å². The molecule has 15 heavy (non-hydrogen) atoms. The minimum Gasteiger partial charge on any atom is -0.497 e. The molecule has 1 aromatic carbocycles. The predicted molar refractivity (Wildman–Crippen MR) is 48.4 cm³/mol. The highest BCUT2D eigenvalue weighted by molar-refractivity contribution is 5.40. The lowest BCUT2D eigenvalue weighted by atomic mass is 10.0. The van der Waals surface area contributed by atoms with E-state index in [-0.39, 0.29) is 11.3 Å². The van der Waals surface area contributed by atoms with Crippen LogP contribution in [0.5, 0.6) is 5.75 Å². The number of hydrogen-bond acceptors (Lipinski definition) is 2. The maximum Gasteiger partial charge on any atom is 0.272 e. The van der Waals surface area contributed by atoms with Crippen LogP contribution in [0.2, 0.25) is 0 Å². The molecule has 1 aromatic rings. The van der Waals surface area contributed by atoms with E-state index in [4.69, 9.17) is 10.5 Å².